The van der Waals surface area contributed by atoms with E-state index in [1.54, 1.807) is 6.20 Å². The lowest BCUT2D eigenvalue weighted by Crippen LogP contribution is -2.14. The van der Waals surface area contributed by atoms with Crippen LogP contribution in [0, 0.1) is 6.92 Å². The fraction of sp³-hybridized carbons (Fsp3) is 0.364. The van der Waals surface area contributed by atoms with E-state index in [9.17, 15) is 4.79 Å². The van der Waals surface area contributed by atoms with Crippen molar-refractivity contribution in [2.45, 2.75) is 45.8 Å². The molecule has 8 heteroatoms. The highest BCUT2D eigenvalue weighted by Crippen LogP contribution is 2.29. The van der Waals surface area contributed by atoms with Crippen molar-refractivity contribution in [2.75, 3.05) is 11.9 Å². The number of anilines is 1. The molecule has 1 aromatic carbocycles. The van der Waals surface area contributed by atoms with Crippen molar-refractivity contribution in [3.05, 3.63) is 47.5 Å². The van der Waals surface area contributed by atoms with Crippen molar-refractivity contribution in [2.24, 2.45) is 0 Å². The molecule has 5 rings (SSSR count). The van der Waals surface area contributed by atoms with Gasteiger partial charge in [-0.15, -0.1) is 0 Å². The van der Waals surface area contributed by atoms with Crippen LogP contribution in [0.1, 0.15) is 60.7 Å². The molecule has 1 fully saturated rings. The van der Waals surface area contributed by atoms with Crippen molar-refractivity contribution in [1.82, 2.24) is 24.7 Å². The lowest BCUT2D eigenvalue weighted by molar-refractivity contribution is 0.102. The molecule has 1 unspecified atom stereocenters. The van der Waals surface area contributed by atoms with Crippen LogP contribution < -0.4 is 5.32 Å². The number of nitrogens with zero attached hydrogens (tertiary/aromatic N) is 4. The normalized spacial score (nSPS) is 16.7. The van der Waals surface area contributed by atoms with E-state index in [4.69, 9.17) is 4.74 Å². The fourth-order valence-corrected chi connectivity index (χ4v) is 3.92. The van der Waals surface area contributed by atoms with E-state index >= 15 is 0 Å². The molecule has 1 saturated heterocycles. The van der Waals surface area contributed by atoms with Crippen molar-refractivity contribution >= 4 is 33.7 Å². The molecule has 4 heterocycles. The third kappa shape index (κ3) is 3.23. The Morgan fingerprint density at radius 1 is 1.30 bits per heavy atom. The monoisotopic (exact) mass is 404 g/mol. The highest BCUT2D eigenvalue weighted by Gasteiger charge is 2.21. The Kier molecular flexibility index (Phi) is 4.51. The van der Waals surface area contributed by atoms with Gasteiger partial charge in [0.15, 0.2) is 5.65 Å². The van der Waals surface area contributed by atoms with Gasteiger partial charge in [0.05, 0.1) is 28.5 Å². The number of fused-ring (bicyclic) bond motifs is 2. The number of carbonyl (C=O) groups is 1. The standard InChI is InChI=1S/C22H24N6O2/c1-12(2)28-21-14(11-23-28)9-16(13(3)24-21)22(29)25-15-6-7-17-18(10-15)27-20(26-17)19-5-4-8-30-19/h6-7,9-12,19H,4-5,8H2,1-3H3,(H,25,29)(H,26,27). The first-order chi connectivity index (χ1) is 14.5. The molecule has 0 aliphatic carbocycles. The second-order valence-corrected chi connectivity index (χ2v) is 8.03. The number of pyridine rings is 1. The zero-order valence-electron chi connectivity index (χ0n) is 17.3. The van der Waals surface area contributed by atoms with Gasteiger partial charge < -0.3 is 15.0 Å². The highest BCUT2D eigenvalue weighted by molar-refractivity contribution is 6.07. The molecule has 0 radical (unpaired) electrons. The average Bonchev–Trinajstić information content (AvgIpc) is 3.45. The molecular formula is C22H24N6O2. The van der Waals surface area contributed by atoms with Crippen LogP contribution in [-0.4, -0.2) is 37.2 Å². The van der Waals surface area contributed by atoms with E-state index in [2.05, 4.69) is 39.2 Å². The summed E-state index contributed by atoms with van der Waals surface area (Å²) in [5, 5.41) is 8.22. The van der Waals surface area contributed by atoms with Gasteiger partial charge >= 0.3 is 0 Å². The summed E-state index contributed by atoms with van der Waals surface area (Å²) in [4.78, 5) is 25.5. The van der Waals surface area contributed by atoms with E-state index in [1.165, 1.54) is 0 Å². The summed E-state index contributed by atoms with van der Waals surface area (Å²) in [5.41, 5.74) is 4.44. The van der Waals surface area contributed by atoms with Crippen LogP contribution in [0.2, 0.25) is 0 Å². The predicted octanol–water partition coefficient (Wildman–Crippen LogP) is 4.30. The summed E-state index contributed by atoms with van der Waals surface area (Å²) in [6, 6.07) is 7.72. The summed E-state index contributed by atoms with van der Waals surface area (Å²) in [5.74, 6) is 0.649. The van der Waals surface area contributed by atoms with Gasteiger partial charge in [-0.25, -0.2) is 14.6 Å². The average molecular weight is 404 g/mol. The number of amides is 1. The van der Waals surface area contributed by atoms with E-state index in [0.717, 1.165) is 47.3 Å². The van der Waals surface area contributed by atoms with E-state index in [1.807, 2.05) is 35.9 Å². The second kappa shape index (κ2) is 7.21. The number of aromatic nitrogens is 5. The fourth-order valence-electron chi connectivity index (χ4n) is 3.92. The molecule has 1 aliphatic rings. The Labute approximate surface area is 173 Å². The summed E-state index contributed by atoms with van der Waals surface area (Å²) < 4.78 is 7.57. The Morgan fingerprint density at radius 2 is 2.17 bits per heavy atom. The van der Waals surface area contributed by atoms with Crippen molar-refractivity contribution in [3.8, 4) is 0 Å². The first kappa shape index (κ1) is 18.7. The summed E-state index contributed by atoms with van der Waals surface area (Å²) in [7, 11) is 0. The predicted molar refractivity (Wildman–Crippen MR) is 115 cm³/mol. The molecule has 4 aromatic rings. The molecule has 1 atom stereocenters. The minimum atomic E-state index is -0.197. The van der Waals surface area contributed by atoms with Gasteiger partial charge in [0.1, 0.15) is 11.9 Å². The van der Waals surface area contributed by atoms with E-state index in [0.29, 0.717) is 16.9 Å². The van der Waals surface area contributed by atoms with Crippen LogP contribution in [0.4, 0.5) is 5.69 Å². The Hall–Kier alpha value is -3.26. The number of rotatable bonds is 4. The van der Waals surface area contributed by atoms with Gasteiger partial charge in [-0.3, -0.25) is 4.79 Å². The van der Waals surface area contributed by atoms with Crippen LogP contribution in [-0.2, 0) is 4.74 Å². The third-order valence-electron chi connectivity index (χ3n) is 5.49. The number of nitrogens with one attached hydrogen (secondary N) is 2. The minimum absolute atomic E-state index is 0.0302. The molecule has 1 amide bonds. The van der Waals surface area contributed by atoms with Gasteiger partial charge in [0, 0.05) is 23.7 Å². The number of hydrogen-bond donors (Lipinski definition) is 2. The van der Waals surface area contributed by atoms with Crippen LogP contribution in [0.5, 0.6) is 0 Å². The summed E-state index contributed by atoms with van der Waals surface area (Å²) >= 11 is 0. The largest absolute Gasteiger partial charge is 0.370 e. The maximum atomic E-state index is 12.9. The number of aryl methyl sites for hydroxylation is 1. The van der Waals surface area contributed by atoms with Gasteiger partial charge in [0.25, 0.3) is 5.91 Å². The number of aromatic amines is 1. The van der Waals surface area contributed by atoms with Crippen molar-refractivity contribution < 1.29 is 9.53 Å². The van der Waals surface area contributed by atoms with Crippen LogP contribution in [0.3, 0.4) is 0 Å². The minimum Gasteiger partial charge on any atom is -0.370 e. The maximum Gasteiger partial charge on any atom is 0.257 e. The first-order valence-electron chi connectivity index (χ1n) is 10.3. The Bertz CT molecular complexity index is 1250. The number of carbonyl (C=O) groups excluding carboxylic acids is 1. The number of imidazole rings is 1. The van der Waals surface area contributed by atoms with E-state index < -0.39 is 0 Å². The summed E-state index contributed by atoms with van der Waals surface area (Å²) in [6.45, 7) is 6.73. The van der Waals surface area contributed by atoms with Crippen LogP contribution >= 0.6 is 0 Å². The smallest absolute Gasteiger partial charge is 0.257 e. The van der Waals surface area contributed by atoms with Crippen molar-refractivity contribution in [3.63, 3.8) is 0 Å². The van der Waals surface area contributed by atoms with Crippen LogP contribution in [0.15, 0.2) is 30.5 Å². The highest BCUT2D eigenvalue weighted by atomic mass is 16.5. The first-order valence-corrected chi connectivity index (χ1v) is 10.3. The molecule has 2 N–H and O–H groups in total. The van der Waals surface area contributed by atoms with Gasteiger partial charge in [-0.05, 0) is 57.9 Å². The number of H-pyrrole nitrogens is 1. The van der Waals surface area contributed by atoms with Crippen molar-refractivity contribution in [1.29, 1.82) is 0 Å². The van der Waals surface area contributed by atoms with E-state index in [-0.39, 0.29) is 18.1 Å². The lowest BCUT2D eigenvalue weighted by atomic mass is 10.1. The molecule has 0 saturated carbocycles. The Morgan fingerprint density at radius 3 is 2.93 bits per heavy atom. The molecular weight excluding hydrogens is 380 g/mol. The molecule has 30 heavy (non-hydrogen) atoms. The molecule has 0 bridgehead atoms. The van der Waals surface area contributed by atoms with Gasteiger partial charge in [-0.1, -0.05) is 0 Å². The quantitative estimate of drug-likeness (QED) is 0.528. The molecule has 154 valence electrons. The Balaban J connectivity index is 1.41. The zero-order chi connectivity index (χ0) is 20.8. The van der Waals surface area contributed by atoms with Gasteiger partial charge in [0.2, 0.25) is 0 Å². The molecule has 8 nitrogen and oxygen atoms in total. The third-order valence-corrected chi connectivity index (χ3v) is 5.49. The van der Waals surface area contributed by atoms with Gasteiger partial charge in [-0.2, -0.15) is 5.10 Å². The second-order valence-electron chi connectivity index (χ2n) is 8.03. The number of benzene rings is 1. The molecule has 3 aromatic heterocycles. The topological polar surface area (TPSA) is 97.7 Å². The zero-order valence-corrected chi connectivity index (χ0v) is 17.3. The number of hydrogen-bond acceptors (Lipinski definition) is 5. The maximum absolute atomic E-state index is 12.9. The number of ether oxygens (including phenoxy) is 1. The molecule has 1 aliphatic heterocycles. The SMILES string of the molecule is Cc1nc2c(cnn2C(C)C)cc1C(=O)Nc1ccc2nc(C3CCCO3)[nH]c2c1. The summed E-state index contributed by atoms with van der Waals surface area (Å²) in [6.07, 6.45) is 3.81. The molecule has 0 spiro atoms. The lowest BCUT2D eigenvalue weighted by Gasteiger charge is -2.10. The van der Waals surface area contributed by atoms with Crippen LogP contribution in [0.25, 0.3) is 22.1 Å².